The van der Waals surface area contributed by atoms with Crippen molar-refractivity contribution in [2.45, 2.75) is 25.2 Å². The minimum atomic E-state index is -1.18. The SMILES string of the molecule is O=C(O)CN(Cc1ccccc1)C(=O)[C@H]1OCC(=O)N(Cc2cccc(F)c2)[C@@H]1c1ccc(Cl)cc1. The molecule has 1 N–H and O–H groups in total. The van der Waals surface area contributed by atoms with Crippen molar-refractivity contribution in [2.75, 3.05) is 13.2 Å². The smallest absolute Gasteiger partial charge is 0.323 e. The molecular formula is C27H24ClFN2O5. The summed E-state index contributed by atoms with van der Waals surface area (Å²) < 4.78 is 19.6. The van der Waals surface area contributed by atoms with Gasteiger partial charge in [-0.25, -0.2) is 4.39 Å². The van der Waals surface area contributed by atoms with Gasteiger partial charge in [0.1, 0.15) is 19.0 Å². The molecule has 3 aromatic rings. The molecule has 2 amide bonds. The number of ether oxygens (including phenoxy) is 1. The van der Waals surface area contributed by atoms with Crippen LogP contribution in [0.5, 0.6) is 0 Å². The molecule has 7 nitrogen and oxygen atoms in total. The molecule has 0 saturated carbocycles. The highest BCUT2D eigenvalue weighted by Crippen LogP contribution is 2.34. The highest BCUT2D eigenvalue weighted by atomic mass is 35.5. The zero-order chi connectivity index (χ0) is 25.7. The van der Waals surface area contributed by atoms with E-state index in [1.165, 1.54) is 21.9 Å². The molecule has 0 aromatic heterocycles. The normalized spacial score (nSPS) is 17.6. The van der Waals surface area contributed by atoms with Crippen LogP contribution in [0.15, 0.2) is 78.9 Å². The predicted molar refractivity (Wildman–Crippen MR) is 130 cm³/mol. The molecule has 1 aliphatic heterocycles. The Morgan fingerprint density at radius 2 is 1.72 bits per heavy atom. The molecule has 0 aliphatic carbocycles. The lowest BCUT2D eigenvalue weighted by molar-refractivity contribution is -0.172. The second-order valence-corrected chi connectivity index (χ2v) is 8.89. The van der Waals surface area contributed by atoms with Crippen molar-refractivity contribution in [3.8, 4) is 0 Å². The highest BCUT2D eigenvalue weighted by Gasteiger charge is 2.43. The summed E-state index contributed by atoms with van der Waals surface area (Å²) >= 11 is 6.07. The van der Waals surface area contributed by atoms with Crippen LogP contribution in [0.2, 0.25) is 5.02 Å². The lowest BCUT2D eigenvalue weighted by atomic mass is 9.95. The van der Waals surface area contributed by atoms with Gasteiger partial charge in [0.15, 0.2) is 6.10 Å². The van der Waals surface area contributed by atoms with Gasteiger partial charge < -0.3 is 19.6 Å². The lowest BCUT2D eigenvalue weighted by Gasteiger charge is -2.42. The van der Waals surface area contributed by atoms with Crippen LogP contribution in [0.1, 0.15) is 22.7 Å². The number of carboxylic acid groups (broad SMARTS) is 1. The van der Waals surface area contributed by atoms with Crippen LogP contribution in [-0.4, -0.2) is 51.9 Å². The number of rotatable bonds is 8. The molecule has 0 spiro atoms. The summed E-state index contributed by atoms with van der Waals surface area (Å²) in [5.41, 5.74) is 1.87. The number of benzene rings is 3. The van der Waals surface area contributed by atoms with Crippen LogP contribution < -0.4 is 0 Å². The van der Waals surface area contributed by atoms with Crippen LogP contribution >= 0.6 is 11.6 Å². The zero-order valence-corrected chi connectivity index (χ0v) is 20.0. The first kappa shape index (κ1) is 25.3. The average Bonchev–Trinajstić information content (AvgIpc) is 2.85. The summed E-state index contributed by atoms with van der Waals surface area (Å²) in [5, 5.41) is 9.96. The molecule has 1 saturated heterocycles. The van der Waals surface area contributed by atoms with E-state index in [4.69, 9.17) is 16.3 Å². The molecule has 3 aromatic carbocycles. The van der Waals surface area contributed by atoms with E-state index in [0.717, 1.165) is 5.56 Å². The van der Waals surface area contributed by atoms with Crippen molar-refractivity contribution in [1.29, 1.82) is 0 Å². The standard InChI is InChI=1S/C27H24ClFN2O5/c28-21-11-9-20(10-12-21)25-26(27(35)30(16-24(33)34)14-18-5-2-1-3-6-18)36-17-23(32)31(25)15-19-7-4-8-22(29)13-19/h1-13,25-26H,14-17H2,(H,33,34)/t25-,26+/m1/s1. The molecule has 36 heavy (non-hydrogen) atoms. The summed E-state index contributed by atoms with van der Waals surface area (Å²) in [4.78, 5) is 41.0. The fraction of sp³-hybridized carbons (Fsp3) is 0.222. The maximum atomic E-state index is 13.9. The van der Waals surface area contributed by atoms with Gasteiger partial charge in [-0.1, -0.05) is 66.2 Å². The fourth-order valence-electron chi connectivity index (χ4n) is 4.25. The van der Waals surface area contributed by atoms with E-state index in [2.05, 4.69) is 0 Å². The molecule has 0 bridgehead atoms. The molecule has 4 rings (SSSR count). The third kappa shape index (κ3) is 6.08. The van der Waals surface area contributed by atoms with Crippen LogP contribution in [0.4, 0.5) is 4.39 Å². The number of nitrogens with zero attached hydrogens (tertiary/aromatic N) is 2. The van der Waals surface area contributed by atoms with Gasteiger partial charge in [-0.3, -0.25) is 14.4 Å². The Morgan fingerprint density at radius 1 is 1.03 bits per heavy atom. The number of morpholine rings is 1. The van der Waals surface area contributed by atoms with E-state index in [9.17, 15) is 23.9 Å². The van der Waals surface area contributed by atoms with Gasteiger partial charge in [-0.2, -0.15) is 0 Å². The Labute approximate surface area is 212 Å². The van der Waals surface area contributed by atoms with Crippen molar-refractivity contribution in [3.63, 3.8) is 0 Å². The average molecular weight is 511 g/mol. The van der Waals surface area contributed by atoms with E-state index in [-0.39, 0.29) is 25.6 Å². The Morgan fingerprint density at radius 3 is 2.39 bits per heavy atom. The van der Waals surface area contributed by atoms with E-state index in [0.29, 0.717) is 16.1 Å². The molecule has 0 radical (unpaired) electrons. The number of hydrogen-bond donors (Lipinski definition) is 1. The zero-order valence-electron chi connectivity index (χ0n) is 19.2. The van der Waals surface area contributed by atoms with Crippen molar-refractivity contribution in [2.24, 2.45) is 0 Å². The number of hydrogen-bond acceptors (Lipinski definition) is 4. The predicted octanol–water partition coefficient (Wildman–Crippen LogP) is 4.06. The highest BCUT2D eigenvalue weighted by molar-refractivity contribution is 6.30. The first-order chi connectivity index (χ1) is 17.3. The minimum absolute atomic E-state index is 0.0364. The largest absolute Gasteiger partial charge is 0.480 e. The summed E-state index contributed by atoms with van der Waals surface area (Å²) in [6.45, 7) is -0.827. The van der Waals surface area contributed by atoms with Crippen LogP contribution in [0.25, 0.3) is 0 Å². The van der Waals surface area contributed by atoms with Crippen LogP contribution in [0.3, 0.4) is 0 Å². The summed E-state index contributed by atoms with van der Waals surface area (Å²) in [5.74, 6) is -2.57. The van der Waals surface area contributed by atoms with Crippen LogP contribution in [-0.2, 0) is 32.2 Å². The number of carbonyl (C=O) groups is 3. The molecule has 1 aliphatic rings. The van der Waals surface area contributed by atoms with Crippen molar-refractivity contribution >= 4 is 29.4 Å². The Bertz CT molecular complexity index is 1240. The maximum Gasteiger partial charge on any atom is 0.323 e. The third-order valence-electron chi connectivity index (χ3n) is 5.88. The molecule has 1 heterocycles. The van der Waals surface area contributed by atoms with Gasteiger partial charge in [0.25, 0.3) is 5.91 Å². The van der Waals surface area contributed by atoms with E-state index in [1.807, 2.05) is 6.07 Å². The fourth-order valence-corrected chi connectivity index (χ4v) is 4.38. The quantitative estimate of drug-likeness (QED) is 0.494. The van der Waals surface area contributed by atoms with Gasteiger partial charge in [0, 0.05) is 18.1 Å². The first-order valence-electron chi connectivity index (χ1n) is 11.3. The number of carboxylic acids is 1. The minimum Gasteiger partial charge on any atom is -0.480 e. The monoisotopic (exact) mass is 510 g/mol. The molecule has 186 valence electrons. The van der Waals surface area contributed by atoms with Gasteiger partial charge in [-0.15, -0.1) is 0 Å². The maximum absolute atomic E-state index is 13.9. The molecule has 1 fully saturated rings. The van der Waals surface area contributed by atoms with E-state index in [1.54, 1.807) is 60.7 Å². The summed E-state index contributed by atoms with van der Waals surface area (Å²) in [6, 6.07) is 20.6. The number of carbonyl (C=O) groups excluding carboxylic acids is 2. The van der Waals surface area contributed by atoms with Gasteiger partial charge in [-0.05, 0) is 41.0 Å². The molecule has 0 unspecified atom stereocenters. The molecule has 9 heteroatoms. The van der Waals surface area contributed by atoms with Crippen molar-refractivity contribution < 1.29 is 28.6 Å². The number of halogens is 2. The van der Waals surface area contributed by atoms with Gasteiger partial charge in [0.05, 0.1) is 6.04 Å². The van der Waals surface area contributed by atoms with Crippen LogP contribution in [0, 0.1) is 5.82 Å². The van der Waals surface area contributed by atoms with Gasteiger partial charge in [0.2, 0.25) is 5.91 Å². The second-order valence-electron chi connectivity index (χ2n) is 8.45. The molecule has 2 atom stereocenters. The lowest BCUT2D eigenvalue weighted by Crippen LogP contribution is -2.55. The number of aliphatic carboxylic acids is 1. The summed E-state index contributed by atoms with van der Waals surface area (Å²) in [7, 11) is 0. The summed E-state index contributed by atoms with van der Waals surface area (Å²) in [6.07, 6.45) is -1.18. The van der Waals surface area contributed by atoms with E-state index >= 15 is 0 Å². The first-order valence-corrected chi connectivity index (χ1v) is 11.6. The molecular weight excluding hydrogens is 487 g/mol. The second kappa shape index (κ2) is 11.3. The van der Waals surface area contributed by atoms with E-state index < -0.39 is 36.4 Å². The van der Waals surface area contributed by atoms with Crippen molar-refractivity contribution in [1.82, 2.24) is 9.80 Å². The van der Waals surface area contributed by atoms with Gasteiger partial charge >= 0.3 is 5.97 Å². The number of amides is 2. The Balaban J connectivity index is 1.71. The Hall–Kier alpha value is -3.75. The van der Waals surface area contributed by atoms with Crippen molar-refractivity contribution in [3.05, 3.63) is 106 Å². The Kier molecular flexibility index (Phi) is 7.97. The topological polar surface area (TPSA) is 87.1 Å². The third-order valence-corrected chi connectivity index (χ3v) is 6.13.